The molecule has 3 heteroatoms. The molecule has 0 bridgehead atoms. The Morgan fingerprint density at radius 1 is 1.40 bits per heavy atom. The number of nitrogens with one attached hydrogen (secondary N) is 1. The first-order chi connectivity index (χ1) is 7.20. The van der Waals surface area contributed by atoms with Gasteiger partial charge in [0.15, 0.2) is 0 Å². The van der Waals surface area contributed by atoms with Crippen LogP contribution in [0.5, 0.6) is 0 Å². The number of anilines is 1. The summed E-state index contributed by atoms with van der Waals surface area (Å²) in [5, 5.41) is 11.7. The molecule has 0 fully saturated rings. The van der Waals surface area contributed by atoms with Gasteiger partial charge in [-0.25, -0.2) is 0 Å². The SMILES string of the molecule is CCNc1cc2c(nn1)CC(C)CC2C. The van der Waals surface area contributed by atoms with Gasteiger partial charge in [-0.2, -0.15) is 5.10 Å². The summed E-state index contributed by atoms with van der Waals surface area (Å²) in [4.78, 5) is 0. The highest BCUT2D eigenvalue weighted by Crippen LogP contribution is 2.33. The first-order valence-corrected chi connectivity index (χ1v) is 5.81. The number of rotatable bonds is 2. The van der Waals surface area contributed by atoms with Crippen LogP contribution in [0.2, 0.25) is 0 Å². The molecule has 3 nitrogen and oxygen atoms in total. The van der Waals surface area contributed by atoms with Gasteiger partial charge < -0.3 is 5.32 Å². The summed E-state index contributed by atoms with van der Waals surface area (Å²) >= 11 is 0. The molecule has 0 spiro atoms. The summed E-state index contributed by atoms with van der Waals surface area (Å²) in [6.07, 6.45) is 2.35. The molecular formula is C12H19N3. The molecule has 1 aliphatic carbocycles. The summed E-state index contributed by atoms with van der Waals surface area (Å²) < 4.78 is 0. The topological polar surface area (TPSA) is 37.8 Å². The Hall–Kier alpha value is -1.12. The highest BCUT2D eigenvalue weighted by atomic mass is 15.2. The molecule has 0 aliphatic heterocycles. The lowest BCUT2D eigenvalue weighted by molar-refractivity contribution is 0.439. The van der Waals surface area contributed by atoms with E-state index in [0.717, 1.165) is 24.7 Å². The van der Waals surface area contributed by atoms with Crippen molar-refractivity contribution in [3.63, 3.8) is 0 Å². The van der Waals surface area contributed by atoms with Crippen molar-refractivity contribution >= 4 is 5.82 Å². The van der Waals surface area contributed by atoms with Gasteiger partial charge in [-0.3, -0.25) is 0 Å². The van der Waals surface area contributed by atoms with E-state index in [1.165, 1.54) is 17.7 Å². The van der Waals surface area contributed by atoms with E-state index in [1.54, 1.807) is 0 Å². The first kappa shape index (κ1) is 10.4. The van der Waals surface area contributed by atoms with Crippen LogP contribution in [0.4, 0.5) is 5.82 Å². The summed E-state index contributed by atoms with van der Waals surface area (Å²) in [7, 11) is 0. The molecule has 2 rings (SSSR count). The predicted octanol–water partition coefficient (Wildman–Crippen LogP) is 2.59. The van der Waals surface area contributed by atoms with Crippen molar-refractivity contribution in [2.75, 3.05) is 11.9 Å². The molecule has 1 aromatic heterocycles. The second-order valence-electron chi connectivity index (χ2n) is 4.61. The number of hydrogen-bond donors (Lipinski definition) is 1. The predicted molar refractivity (Wildman–Crippen MR) is 62.1 cm³/mol. The minimum absolute atomic E-state index is 0.622. The van der Waals surface area contributed by atoms with Crippen molar-refractivity contribution in [2.45, 2.75) is 39.5 Å². The van der Waals surface area contributed by atoms with Crippen LogP contribution in [0.25, 0.3) is 0 Å². The van der Waals surface area contributed by atoms with E-state index in [1.807, 2.05) is 0 Å². The Morgan fingerprint density at radius 2 is 2.20 bits per heavy atom. The Labute approximate surface area is 91.3 Å². The Kier molecular flexibility index (Phi) is 2.89. The van der Waals surface area contributed by atoms with Crippen LogP contribution in [-0.2, 0) is 6.42 Å². The monoisotopic (exact) mass is 205 g/mol. The third-order valence-corrected chi connectivity index (χ3v) is 3.09. The summed E-state index contributed by atoms with van der Waals surface area (Å²) in [5.74, 6) is 2.28. The molecule has 0 aromatic carbocycles. The van der Waals surface area contributed by atoms with Gasteiger partial charge in [0.05, 0.1) is 5.69 Å². The van der Waals surface area contributed by atoms with Crippen molar-refractivity contribution in [1.82, 2.24) is 10.2 Å². The van der Waals surface area contributed by atoms with Crippen LogP contribution in [0.3, 0.4) is 0 Å². The maximum Gasteiger partial charge on any atom is 0.148 e. The molecule has 2 atom stereocenters. The molecule has 1 heterocycles. The van der Waals surface area contributed by atoms with E-state index in [4.69, 9.17) is 0 Å². The van der Waals surface area contributed by atoms with Crippen molar-refractivity contribution in [3.8, 4) is 0 Å². The fourth-order valence-electron chi connectivity index (χ4n) is 2.43. The lowest BCUT2D eigenvalue weighted by Gasteiger charge is -2.26. The highest BCUT2D eigenvalue weighted by molar-refractivity contribution is 5.40. The van der Waals surface area contributed by atoms with Gasteiger partial charge in [-0.05, 0) is 43.2 Å². The fraction of sp³-hybridized carbons (Fsp3) is 0.667. The molecule has 0 saturated heterocycles. The van der Waals surface area contributed by atoms with Gasteiger partial charge in [0.1, 0.15) is 5.82 Å². The lowest BCUT2D eigenvalue weighted by Crippen LogP contribution is -2.17. The number of aromatic nitrogens is 2. The van der Waals surface area contributed by atoms with Gasteiger partial charge in [0, 0.05) is 6.54 Å². The Balaban J connectivity index is 2.30. The highest BCUT2D eigenvalue weighted by Gasteiger charge is 2.23. The standard InChI is InChI=1S/C12H19N3/c1-4-13-12-7-10-9(3)5-8(2)6-11(10)14-15-12/h7-9H,4-6H2,1-3H3,(H,13,15). The maximum atomic E-state index is 4.33. The summed E-state index contributed by atoms with van der Waals surface area (Å²) in [6.45, 7) is 7.55. The maximum absolute atomic E-state index is 4.33. The molecule has 1 N–H and O–H groups in total. The number of nitrogens with zero attached hydrogens (tertiary/aromatic N) is 2. The molecule has 2 unspecified atom stereocenters. The molecule has 15 heavy (non-hydrogen) atoms. The Morgan fingerprint density at radius 3 is 2.93 bits per heavy atom. The normalized spacial score (nSPS) is 24.7. The summed E-state index contributed by atoms with van der Waals surface area (Å²) in [5.41, 5.74) is 2.59. The second-order valence-corrected chi connectivity index (χ2v) is 4.61. The molecule has 1 aromatic rings. The van der Waals surface area contributed by atoms with Crippen molar-refractivity contribution in [2.24, 2.45) is 5.92 Å². The quantitative estimate of drug-likeness (QED) is 0.806. The average Bonchev–Trinajstić information content (AvgIpc) is 2.19. The van der Waals surface area contributed by atoms with Crippen LogP contribution in [0, 0.1) is 5.92 Å². The molecule has 82 valence electrons. The van der Waals surface area contributed by atoms with Gasteiger partial charge in [-0.15, -0.1) is 5.10 Å². The largest absolute Gasteiger partial charge is 0.369 e. The fourth-order valence-corrected chi connectivity index (χ4v) is 2.43. The van der Waals surface area contributed by atoms with E-state index >= 15 is 0 Å². The van der Waals surface area contributed by atoms with Crippen LogP contribution < -0.4 is 5.32 Å². The minimum atomic E-state index is 0.622. The van der Waals surface area contributed by atoms with Crippen molar-refractivity contribution in [3.05, 3.63) is 17.3 Å². The van der Waals surface area contributed by atoms with Gasteiger partial charge >= 0.3 is 0 Å². The van der Waals surface area contributed by atoms with E-state index in [9.17, 15) is 0 Å². The van der Waals surface area contributed by atoms with E-state index in [-0.39, 0.29) is 0 Å². The average molecular weight is 205 g/mol. The zero-order chi connectivity index (χ0) is 10.8. The van der Waals surface area contributed by atoms with E-state index in [0.29, 0.717) is 5.92 Å². The van der Waals surface area contributed by atoms with Crippen molar-refractivity contribution in [1.29, 1.82) is 0 Å². The smallest absolute Gasteiger partial charge is 0.148 e. The number of hydrogen-bond acceptors (Lipinski definition) is 3. The van der Waals surface area contributed by atoms with Crippen LogP contribution in [-0.4, -0.2) is 16.7 Å². The lowest BCUT2D eigenvalue weighted by atomic mass is 9.81. The molecule has 0 saturated carbocycles. The van der Waals surface area contributed by atoms with Crippen LogP contribution >= 0.6 is 0 Å². The van der Waals surface area contributed by atoms with E-state index in [2.05, 4.69) is 42.4 Å². The van der Waals surface area contributed by atoms with Crippen LogP contribution in [0.1, 0.15) is 44.4 Å². The van der Waals surface area contributed by atoms with Gasteiger partial charge in [0.25, 0.3) is 0 Å². The molecule has 1 aliphatic rings. The van der Waals surface area contributed by atoms with Crippen molar-refractivity contribution < 1.29 is 0 Å². The molecular weight excluding hydrogens is 186 g/mol. The van der Waals surface area contributed by atoms with Gasteiger partial charge in [0.2, 0.25) is 0 Å². The third kappa shape index (κ3) is 2.11. The minimum Gasteiger partial charge on any atom is -0.369 e. The molecule has 0 amide bonds. The summed E-state index contributed by atoms with van der Waals surface area (Å²) in [6, 6.07) is 2.17. The van der Waals surface area contributed by atoms with E-state index < -0.39 is 0 Å². The second kappa shape index (κ2) is 4.17. The van der Waals surface area contributed by atoms with Gasteiger partial charge in [-0.1, -0.05) is 13.8 Å². The Bertz CT molecular complexity index is 349. The zero-order valence-electron chi connectivity index (χ0n) is 9.75. The van der Waals surface area contributed by atoms with Crippen LogP contribution in [0.15, 0.2) is 6.07 Å². The zero-order valence-corrected chi connectivity index (χ0v) is 9.75. The number of fused-ring (bicyclic) bond motifs is 1. The third-order valence-electron chi connectivity index (χ3n) is 3.09. The molecule has 0 radical (unpaired) electrons. The first-order valence-electron chi connectivity index (χ1n) is 5.81.